The molecule has 0 heterocycles. The standard InChI is InChI=1S/C13H20BrNO3S/c1-13(2,19(4,16)17)9-15-8-10-7-11(18-3)5-6-12(10)14/h5-7,15H,8-9H2,1-4H3. The van der Waals surface area contributed by atoms with Gasteiger partial charge in [-0.2, -0.15) is 0 Å². The Morgan fingerprint density at radius 2 is 2.00 bits per heavy atom. The number of sulfone groups is 1. The van der Waals surface area contributed by atoms with E-state index in [9.17, 15) is 8.42 Å². The molecule has 6 heteroatoms. The third kappa shape index (κ3) is 4.47. The molecule has 0 saturated carbocycles. The third-order valence-electron chi connectivity index (χ3n) is 3.12. The van der Waals surface area contributed by atoms with Gasteiger partial charge in [-0.3, -0.25) is 0 Å². The van der Waals surface area contributed by atoms with Crippen molar-refractivity contribution < 1.29 is 13.2 Å². The predicted molar refractivity (Wildman–Crippen MR) is 81.3 cm³/mol. The Balaban J connectivity index is 2.68. The van der Waals surface area contributed by atoms with Gasteiger partial charge >= 0.3 is 0 Å². The fourth-order valence-corrected chi connectivity index (χ4v) is 2.19. The van der Waals surface area contributed by atoms with E-state index in [1.807, 2.05) is 18.2 Å². The first-order valence-electron chi connectivity index (χ1n) is 5.90. The molecule has 0 aliphatic rings. The normalized spacial score (nSPS) is 12.5. The van der Waals surface area contributed by atoms with Crippen molar-refractivity contribution in [3.8, 4) is 5.75 Å². The quantitative estimate of drug-likeness (QED) is 0.856. The molecule has 0 aromatic heterocycles. The lowest BCUT2D eigenvalue weighted by Crippen LogP contribution is -2.41. The summed E-state index contributed by atoms with van der Waals surface area (Å²) in [6, 6.07) is 5.70. The van der Waals surface area contributed by atoms with Gasteiger partial charge in [0.2, 0.25) is 0 Å². The molecule has 0 aliphatic heterocycles. The van der Waals surface area contributed by atoms with Crippen LogP contribution in [-0.2, 0) is 16.4 Å². The number of ether oxygens (including phenoxy) is 1. The maximum absolute atomic E-state index is 11.6. The highest BCUT2D eigenvalue weighted by Gasteiger charge is 2.29. The molecule has 1 N–H and O–H groups in total. The van der Waals surface area contributed by atoms with Gasteiger partial charge in [0.15, 0.2) is 9.84 Å². The van der Waals surface area contributed by atoms with E-state index in [0.717, 1.165) is 15.8 Å². The molecule has 0 saturated heterocycles. The smallest absolute Gasteiger partial charge is 0.153 e. The largest absolute Gasteiger partial charge is 0.497 e. The van der Waals surface area contributed by atoms with Crippen molar-refractivity contribution in [2.24, 2.45) is 0 Å². The Labute approximate surface area is 123 Å². The van der Waals surface area contributed by atoms with E-state index in [0.29, 0.717) is 13.1 Å². The van der Waals surface area contributed by atoms with Gasteiger partial charge in [-0.15, -0.1) is 0 Å². The van der Waals surface area contributed by atoms with Crippen LogP contribution < -0.4 is 10.1 Å². The monoisotopic (exact) mass is 349 g/mol. The second-order valence-electron chi connectivity index (χ2n) is 5.09. The molecule has 0 aliphatic carbocycles. The van der Waals surface area contributed by atoms with Crippen molar-refractivity contribution in [2.45, 2.75) is 25.1 Å². The van der Waals surface area contributed by atoms with Crippen molar-refractivity contribution >= 4 is 25.8 Å². The molecule has 0 radical (unpaired) electrons. The lowest BCUT2D eigenvalue weighted by Gasteiger charge is -2.23. The number of hydrogen-bond acceptors (Lipinski definition) is 4. The van der Waals surface area contributed by atoms with Gasteiger partial charge in [-0.25, -0.2) is 8.42 Å². The molecule has 0 amide bonds. The Kier molecular flexibility index (Phi) is 5.41. The summed E-state index contributed by atoms with van der Waals surface area (Å²) in [5.41, 5.74) is 1.03. The van der Waals surface area contributed by atoms with Crippen molar-refractivity contribution in [1.29, 1.82) is 0 Å². The fraction of sp³-hybridized carbons (Fsp3) is 0.538. The van der Waals surface area contributed by atoms with Gasteiger partial charge in [0.05, 0.1) is 11.9 Å². The first-order valence-corrected chi connectivity index (χ1v) is 8.58. The first kappa shape index (κ1) is 16.5. The van der Waals surface area contributed by atoms with Crippen molar-refractivity contribution in [1.82, 2.24) is 5.32 Å². The number of halogens is 1. The zero-order valence-corrected chi connectivity index (χ0v) is 14.1. The summed E-state index contributed by atoms with van der Waals surface area (Å²) < 4.78 is 28.5. The van der Waals surface area contributed by atoms with Crippen LogP contribution in [0.2, 0.25) is 0 Å². The molecule has 4 nitrogen and oxygen atoms in total. The van der Waals surface area contributed by atoms with E-state index in [2.05, 4.69) is 21.2 Å². The Morgan fingerprint density at radius 1 is 1.37 bits per heavy atom. The van der Waals surface area contributed by atoms with E-state index in [1.165, 1.54) is 6.26 Å². The Hall–Kier alpha value is -0.590. The van der Waals surface area contributed by atoms with Crippen LogP contribution >= 0.6 is 15.9 Å². The van der Waals surface area contributed by atoms with E-state index in [4.69, 9.17) is 4.74 Å². The molecule has 0 spiro atoms. The van der Waals surface area contributed by atoms with Crippen molar-refractivity contribution in [3.05, 3.63) is 28.2 Å². The molecular formula is C13H20BrNO3S. The maximum atomic E-state index is 11.6. The first-order chi connectivity index (χ1) is 8.67. The van der Waals surface area contributed by atoms with Crippen LogP contribution in [0.15, 0.2) is 22.7 Å². The van der Waals surface area contributed by atoms with Crippen LogP contribution in [0.25, 0.3) is 0 Å². The highest BCUT2D eigenvalue weighted by atomic mass is 79.9. The Morgan fingerprint density at radius 3 is 2.53 bits per heavy atom. The maximum Gasteiger partial charge on any atom is 0.153 e. The minimum atomic E-state index is -3.08. The Bertz CT molecular complexity index is 541. The van der Waals surface area contributed by atoms with Crippen molar-refractivity contribution in [3.63, 3.8) is 0 Å². The van der Waals surface area contributed by atoms with Gasteiger partial charge in [0.25, 0.3) is 0 Å². The summed E-state index contributed by atoms with van der Waals surface area (Å²) in [6.07, 6.45) is 1.26. The number of hydrogen-bond donors (Lipinski definition) is 1. The van der Waals surface area contributed by atoms with Crippen LogP contribution in [0.5, 0.6) is 5.75 Å². The summed E-state index contributed by atoms with van der Waals surface area (Å²) in [5, 5.41) is 3.18. The van der Waals surface area contributed by atoms with Gasteiger partial charge < -0.3 is 10.1 Å². The molecule has 1 aromatic carbocycles. The molecule has 19 heavy (non-hydrogen) atoms. The fourth-order valence-electron chi connectivity index (χ4n) is 1.44. The molecular weight excluding hydrogens is 330 g/mol. The van der Waals surface area contributed by atoms with E-state index in [1.54, 1.807) is 21.0 Å². The number of methoxy groups -OCH3 is 1. The molecule has 0 fully saturated rings. The zero-order chi connectivity index (χ0) is 14.7. The molecule has 1 aromatic rings. The molecule has 0 bridgehead atoms. The average molecular weight is 350 g/mol. The van der Waals surface area contributed by atoms with Crippen LogP contribution in [0.4, 0.5) is 0 Å². The highest BCUT2D eigenvalue weighted by Crippen LogP contribution is 2.22. The number of nitrogens with one attached hydrogen (secondary N) is 1. The third-order valence-corrected chi connectivity index (χ3v) is 6.05. The van der Waals surface area contributed by atoms with Crippen LogP contribution in [0, 0.1) is 0 Å². The number of benzene rings is 1. The van der Waals surface area contributed by atoms with E-state index in [-0.39, 0.29) is 0 Å². The van der Waals surface area contributed by atoms with Crippen molar-refractivity contribution in [2.75, 3.05) is 19.9 Å². The van der Waals surface area contributed by atoms with Gasteiger partial charge in [-0.05, 0) is 37.6 Å². The van der Waals surface area contributed by atoms with Crippen LogP contribution in [0.1, 0.15) is 19.4 Å². The number of rotatable bonds is 6. The minimum absolute atomic E-state index is 0.398. The predicted octanol–water partition coefficient (Wildman–Crippen LogP) is 2.37. The highest BCUT2D eigenvalue weighted by molar-refractivity contribution is 9.10. The van der Waals surface area contributed by atoms with Gasteiger partial charge in [0, 0.05) is 23.8 Å². The topological polar surface area (TPSA) is 55.4 Å². The van der Waals surface area contributed by atoms with Crippen LogP contribution in [-0.4, -0.2) is 33.1 Å². The summed E-state index contributed by atoms with van der Waals surface area (Å²) in [5.74, 6) is 0.780. The second kappa shape index (κ2) is 6.24. The summed E-state index contributed by atoms with van der Waals surface area (Å²) in [4.78, 5) is 0. The molecule has 0 unspecified atom stereocenters. The van der Waals surface area contributed by atoms with Gasteiger partial charge in [-0.1, -0.05) is 15.9 Å². The summed E-state index contributed by atoms with van der Waals surface area (Å²) in [7, 11) is -1.46. The summed E-state index contributed by atoms with van der Waals surface area (Å²) in [6.45, 7) is 4.41. The lowest BCUT2D eigenvalue weighted by atomic mass is 10.2. The van der Waals surface area contributed by atoms with Gasteiger partial charge in [0.1, 0.15) is 5.75 Å². The SMILES string of the molecule is COc1ccc(Br)c(CNCC(C)(C)S(C)(=O)=O)c1. The average Bonchev–Trinajstić information content (AvgIpc) is 2.30. The molecule has 1 rings (SSSR count). The molecule has 108 valence electrons. The van der Waals surface area contributed by atoms with Crippen LogP contribution in [0.3, 0.4) is 0 Å². The molecule has 0 atom stereocenters. The van der Waals surface area contributed by atoms with E-state index >= 15 is 0 Å². The summed E-state index contributed by atoms with van der Waals surface area (Å²) >= 11 is 3.47. The lowest BCUT2D eigenvalue weighted by molar-refractivity contribution is 0.414. The second-order valence-corrected chi connectivity index (χ2v) is 8.60. The minimum Gasteiger partial charge on any atom is -0.497 e. The zero-order valence-electron chi connectivity index (χ0n) is 11.7. The van der Waals surface area contributed by atoms with E-state index < -0.39 is 14.6 Å².